The van der Waals surface area contributed by atoms with Gasteiger partial charge in [0.25, 0.3) is 0 Å². The Morgan fingerprint density at radius 3 is 2.36 bits per heavy atom. The third kappa shape index (κ3) is 9.61. The highest BCUT2D eigenvalue weighted by Crippen LogP contribution is 1.98. The van der Waals surface area contributed by atoms with Gasteiger partial charge in [-0.1, -0.05) is 0 Å². The van der Waals surface area contributed by atoms with Crippen LogP contribution in [0.2, 0.25) is 0 Å². The minimum absolute atomic E-state index is 0.189. The van der Waals surface area contributed by atoms with E-state index in [2.05, 4.69) is 16.0 Å². The third-order valence-corrected chi connectivity index (χ3v) is 2.85. The van der Waals surface area contributed by atoms with E-state index in [1.807, 2.05) is 0 Å². The largest absolute Gasteiger partial charge is 0.480 e. The Kier molecular flexibility index (Phi) is 10.8. The number of nitrogens with zero attached hydrogens (tertiary/aromatic N) is 1. The van der Waals surface area contributed by atoms with Gasteiger partial charge in [0.2, 0.25) is 17.7 Å². The molecule has 0 saturated carbocycles. The quantitative estimate of drug-likeness (QED) is 0.208. The van der Waals surface area contributed by atoms with E-state index in [1.54, 1.807) is 0 Å². The second-order valence-corrected chi connectivity index (χ2v) is 4.67. The summed E-state index contributed by atoms with van der Waals surface area (Å²) in [6, 6.07) is -1.12. The monoisotopic (exact) mass is 356 g/mol. The molecule has 0 aromatic rings. The van der Waals surface area contributed by atoms with Crippen LogP contribution in [0, 0.1) is 0 Å². The van der Waals surface area contributed by atoms with Gasteiger partial charge in [-0.3, -0.25) is 24.0 Å². The van der Waals surface area contributed by atoms with Crippen molar-refractivity contribution in [2.75, 3.05) is 33.2 Å². The van der Waals surface area contributed by atoms with E-state index in [4.69, 9.17) is 5.11 Å². The number of carboxylic acid groups (broad SMARTS) is 1. The zero-order chi connectivity index (χ0) is 19.2. The van der Waals surface area contributed by atoms with Gasteiger partial charge in [-0.2, -0.15) is 0 Å². The van der Waals surface area contributed by atoms with Gasteiger partial charge in [0, 0.05) is 19.7 Å². The molecule has 0 aliphatic heterocycles. The van der Waals surface area contributed by atoms with Crippen molar-refractivity contribution in [2.45, 2.75) is 6.04 Å². The molecule has 25 heavy (non-hydrogen) atoms. The predicted octanol–water partition coefficient (Wildman–Crippen LogP) is -3.33. The van der Waals surface area contributed by atoms with Gasteiger partial charge in [-0.05, 0) is 6.08 Å². The van der Waals surface area contributed by atoms with Crippen molar-refractivity contribution in [3.63, 3.8) is 0 Å². The molecule has 0 fully saturated rings. The fourth-order valence-electron chi connectivity index (χ4n) is 1.62. The molecule has 11 nitrogen and oxygen atoms in total. The molecule has 0 aliphatic carbocycles. The van der Waals surface area contributed by atoms with E-state index in [0.717, 1.165) is 17.1 Å². The van der Waals surface area contributed by atoms with Crippen molar-refractivity contribution in [1.82, 2.24) is 20.9 Å². The third-order valence-electron chi connectivity index (χ3n) is 2.85. The summed E-state index contributed by atoms with van der Waals surface area (Å²) >= 11 is 0. The first-order valence-corrected chi connectivity index (χ1v) is 7.12. The summed E-state index contributed by atoms with van der Waals surface area (Å²) in [5, 5.41) is 15.6. The van der Waals surface area contributed by atoms with Crippen molar-refractivity contribution in [3.05, 3.63) is 12.2 Å². The molecule has 0 rings (SSSR count). The Morgan fingerprint density at radius 1 is 1.12 bits per heavy atom. The minimum atomic E-state index is -1.15. The summed E-state index contributed by atoms with van der Waals surface area (Å²) in [5.74, 6) is -3.13. The number of amides is 3. The van der Waals surface area contributed by atoms with Crippen LogP contribution < -0.4 is 16.0 Å². The van der Waals surface area contributed by atoms with Crippen LogP contribution in [0.5, 0.6) is 0 Å². The topological polar surface area (TPSA) is 162 Å². The van der Waals surface area contributed by atoms with Gasteiger partial charge in [0.1, 0.15) is 18.6 Å². The van der Waals surface area contributed by atoms with Gasteiger partial charge in [0.15, 0.2) is 0 Å². The maximum absolute atomic E-state index is 12.2. The van der Waals surface area contributed by atoms with Gasteiger partial charge < -0.3 is 30.8 Å². The normalized spacial score (nSPS) is 11.4. The summed E-state index contributed by atoms with van der Waals surface area (Å²) in [5.41, 5.74) is 0. The molecule has 0 aromatic carbocycles. The average molecular weight is 356 g/mol. The Balaban J connectivity index is 4.87. The molecular formula is C14H20N4O7. The smallest absolute Gasteiger partial charge is 0.317 e. The molecular weight excluding hydrogens is 336 g/mol. The lowest BCUT2D eigenvalue weighted by Crippen LogP contribution is -2.54. The van der Waals surface area contributed by atoms with E-state index in [-0.39, 0.29) is 13.1 Å². The lowest BCUT2D eigenvalue weighted by Gasteiger charge is -2.26. The molecule has 0 spiro atoms. The number of aliphatic carboxylic acids is 1. The van der Waals surface area contributed by atoms with Crippen LogP contribution in [0.25, 0.3) is 0 Å². The Bertz CT molecular complexity index is 547. The van der Waals surface area contributed by atoms with Gasteiger partial charge >= 0.3 is 5.97 Å². The fraction of sp³-hybridized carbons (Fsp3) is 0.429. The molecule has 0 radical (unpaired) electrons. The second-order valence-electron chi connectivity index (χ2n) is 4.67. The molecule has 1 unspecified atom stereocenters. The Labute approximate surface area is 143 Å². The van der Waals surface area contributed by atoms with E-state index in [9.17, 15) is 28.8 Å². The van der Waals surface area contributed by atoms with Crippen LogP contribution in [-0.4, -0.2) is 85.5 Å². The maximum atomic E-state index is 12.2. The molecule has 11 heteroatoms. The summed E-state index contributed by atoms with van der Waals surface area (Å²) in [4.78, 5) is 67.4. The minimum Gasteiger partial charge on any atom is -0.480 e. The first kappa shape index (κ1) is 21.9. The van der Waals surface area contributed by atoms with Crippen molar-refractivity contribution in [2.24, 2.45) is 0 Å². The maximum Gasteiger partial charge on any atom is 0.317 e. The SMILES string of the molecule is CN(C(=O)/C=C\C=O)C(CNCC(=O)O)C(=O)NCC(=O)NCC=O. The fourth-order valence-corrected chi connectivity index (χ4v) is 1.62. The van der Waals surface area contributed by atoms with Gasteiger partial charge in [0.05, 0.1) is 19.6 Å². The number of hydrogen-bond acceptors (Lipinski definition) is 7. The van der Waals surface area contributed by atoms with Crippen LogP contribution in [0.4, 0.5) is 0 Å². The van der Waals surface area contributed by atoms with E-state index < -0.39 is 42.8 Å². The predicted molar refractivity (Wildman–Crippen MR) is 84.4 cm³/mol. The number of carboxylic acids is 1. The van der Waals surface area contributed by atoms with Gasteiger partial charge in [-0.25, -0.2) is 0 Å². The average Bonchev–Trinajstić information content (AvgIpc) is 2.58. The zero-order valence-electron chi connectivity index (χ0n) is 13.6. The summed E-state index contributed by atoms with van der Waals surface area (Å²) in [7, 11) is 1.29. The van der Waals surface area contributed by atoms with Crippen LogP contribution in [0.1, 0.15) is 0 Å². The highest BCUT2D eigenvalue weighted by molar-refractivity contribution is 5.95. The number of carbonyl (C=O) groups is 6. The number of aldehydes is 2. The van der Waals surface area contributed by atoms with Crippen LogP contribution >= 0.6 is 0 Å². The number of nitrogens with one attached hydrogen (secondary N) is 3. The molecule has 0 aromatic heterocycles. The number of rotatable bonds is 12. The second kappa shape index (κ2) is 12.4. The lowest BCUT2D eigenvalue weighted by atomic mass is 10.2. The number of likely N-dealkylation sites (N-methyl/N-ethyl adjacent to an activating group) is 1. The van der Waals surface area contributed by atoms with Crippen molar-refractivity contribution >= 4 is 36.3 Å². The molecule has 0 aliphatic rings. The zero-order valence-corrected chi connectivity index (χ0v) is 13.6. The first-order chi connectivity index (χ1) is 11.8. The number of allylic oxidation sites excluding steroid dienone is 1. The van der Waals surface area contributed by atoms with Crippen molar-refractivity contribution in [1.29, 1.82) is 0 Å². The Morgan fingerprint density at radius 2 is 1.80 bits per heavy atom. The van der Waals surface area contributed by atoms with E-state index in [1.165, 1.54) is 7.05 Å². The van der Waals surface area contributed by atoms with E-state index >= 15 is 0 Å². The number of hydrogen-bond donors (Lipinski definition) is 4. The summed E-state index contributed by atoms with van der Waals surface area (Å²) in [6.07, 6.45) is 2.76. The number of carbonyl (C=O) groups excluding carboxylic acids is 5. The first-order valence-electron chi connectivity index (χ1n) is 7.12. The van der Waals surface area contributed by atoms with E-state index in [0.29, 0.717) is 12.6 Å². The van der Waals surface area contributed by atoms with Crippen molar-refractivity contribution < 1.29 is 33.9 Å². The Hall–Kier alpha value is -3.08. The van der Waals surface area contributed by atoms with Crippen LogP contribution in [-0.2, 0) is 28.8 Å². The standard InChI is InChI=1S/C14H20N4O7/c1-18(12(22)3-2-5-19)10(7-15-9-13(23)24)14(25)17-8-11(21)16-4-6-20/h2-3,5-6,10,15H,4,7-9H2,1H3,(H,16,21)(H,17,25)(H,23,24)/b3-2-. The molecule has 0 bridgehead atoms. The van der Waals surface area contributed by atoms with Crippen LogP contribution in [0.3, 0.4) is 0 Å². The molecule has 4 N–H and O–H groups in total. The lowest BCUT2D eigenvalue weighted by molar-refractivity contribution is -0.137. The van der Waals surface area contributed by atoms with Gasteiger partial charge in [-0.15, -0.1) is 0 Å². The molecule has 0 heterocycles. The highest BCUT2D eigenvalue weighted by Gasteiger charge is 2.26. The summed E-state index contributed by atoms with van der Waals surface area (Å²) < 4.78 is 0. The molecule has 0 saturated heterocycles. The molecule has 1 atom stereocenters. The highest BCUT2D eigenvalue weighted by atomic mass is 16.4. The summed E-state index contributed by atoms with van der Waals surface area (Å²) in [6.45, 7) is -1.25. The molecule has 138 valence electrons. The van der Waals surface area contributed by atoms with Crippen molar-refractivity contribution in [3.8, 4) is 0 Å². The van der Waals surface area contributed by atoms with Crippen LogP contribution in [0.15, 0.2) is 12.2 Å². The molecule has 3 amide bonds.